The van der Waals surface area contributed by atoms with Gasteiger partial charge < -0.3 is 0 Å². The van der Waals surface area contributed by atoms with Crippen molar-refractivity contribution < 1.29 is 9.36 Å². The molecular formula is C20H15N2OS+. The maximum absolute atomic E-state index is 12.1. The van der Waals surface area contributed by atoms with Gasteiger partial charge in [0, 0.05) is 11.6 Å². The minimum atomic E-state index is 0.107. The second-order valence-corrected chi connectivity index (χ2v) is 6.53. The first-order valence-corrected chi connectivity index (χ1v) is 8.58. The Morgan fingerprint density at radius 3 is 2.62 bits per heavy atom. The minimum Gasteiger partial charge on any atom is -0.289 e. The van der Waals surface area contributed by atoms with E-state index in [-0.39, 0.29) is 5.78 Å². The molecule has 0 fully saturated rings. The number of hydrogen-bond acceptors (Lipinski definition) is 3. The van der Waals surface area contributed by atoms with Crippen LogP contribution in [0.1, 0.15) is 9.67 Å². The van der Waals surface area contributed by atoms with Crippen molar-refractivity contribution in [1.82, 2.24) is 4.98 Å². The van der Waals surface area contributed by atoms with Gasteiger partial charge in [0.15, 0.2) is 12.2 Å². The van der Waals surface area contributed by atoms with Gasteiger partial charge in [-0.05, 0) is 39.3 Å². The summed E-state index contributed by atoms with van der Waals surface area (Å²) in [5, 5.41) is 4.33. The second-order valence-electron chi connectivity index (χ2n) is 5.58. The molecule has 0 spiro atoms. The molecular weight excluding hydrogens is 316 g/mol. The van der Waals surface area contributed by atoms with Crippen LogP contribution >= 0.6 is 11.3 Å². The second kappa shape index (κ2) is 6.34. The molecule has 0 amide bonds. The van der Waals surface area contributed by atoms with E-state index in [2.05, 4.69) is 35.3 Å². The lowest BCUT2D eigenvalue weighted by Gasteiger charge is -2.01. The SMILES string of the molecule is O=C(C[n+]1ccc(-c2ccc3ccccc3c2)nc1)c1cccs1. The fourth-order valence-electron chi connectivity index (χ4n) is 2.68. The summed E-state index contributed by atoms with van der Waals surface area (Å²) < 4.78 is 1.81. The summed E-state index contributed by atoms with van der Waals surface area (Å²) in [5.74, 6) is 0.107. The fraction of sp³-hybridized carbons (Fsp3) is 0.0500. The van der Waals surface area contributed by atoms with Crippen molar-refractivity contribution in [1.29, 1.82) is 0 Å². The lowest BCUT2D eigenvalue weighted by atomic mass is 10.1. The zero-order chi connectivity index (χ0) is 16.4. The van der Waals surface area contributed by atoms with Gasteiger partial charge in [0.05, 0.1) is 11.1 Å². The largest absolute Gasteiger partial charge is 0.289 e. The molecule has 24 heavy (non-hydrogen) atoms. The summed E-state index contributed by atoms with van der Waals surface area (Å²) in [7, 11) is 0. The Hall–Kier alpha value is -2.85. The van der Waals surface area contributed by atoms with E-state index in [4.69, 9.17) is 0 Å². The number of rotatable bonds is 4. The third-order valence-corrected chi connectivity index (χ3v) is 4.85. The van der Waals surface area contributed by atoms with E-state index in [1.807, 2.05) is 46.5 Å². The lowest BCUT2D eigenvalue weighted by Crippen LogP contribution is -2.37. The highest BCUT2D eigenvalue weighted by Crippen LogP contribution is 2.22. The molecule has 116 valence electrons. The number of aromatic nitrogens is 2. The summed E-state index contributed by atoms with van der Waals surface area (Å²) in [6, 6.07) is 20.3. The Bertz CT molecular complexity index is 992. The number of fused-ring (bicyclic) bond motifs is 1. The Balaban J connectivity index is 1.57. The van der Waals surface area contributed by atoms with Crippen LogP contribution in [-0.4, -0.2) is 10.8 Å². The molecule has 0 N–H and O–H groups in total. The first-order valence-electron chi connectivity index (χ1n) is 7.70. The van der Waals surface area contributed by atoms with E-state index >= 15 is 0 Å². The highest BCUT2D eigenvalue weighted by Gasteiger charge is 2.12. The van der Waals surface area contributed by atoms with E-state index in [0.29, 0.717) is 6.54 Å². The van der Waals surface area contributed by atoms with E-state index in [1.54, 1.807) is 6.33 Å². The minimum absolute atomic E-state index is 0.107. The van der Waals surface area contributed by atoms with Crippen LogP contribution in [0.25, 0.3) is 22.0 Å². The van der Waals surface area contributed by atoms with Crippen LogP contribution in [0.15, 0.2) is 78.6 Å². The van der Waals surface area contributed by atoms with Gasteiger partial charge in [-0.1, -0.05) is 36.4 Å². The van der Waals surface area contributed by atoms with E-state index in [0.717, 1.165) is 16.1 Å². The Morgan fingerprint density at radius 2 is 1.88 bits per heavy atom. The summed E-state index contributed by atoms with van der Waals surface area (Å²) >= 11 is 1.47. The molecule has 0 unspecified atom stereocenters. The molecule has 0 bridgehead atoms. The monoisotopic (exact) mass is 331 g/mol. The van der Waals surface area contributed by atoms with Crippen LogP contribution in [0.5, 0.6) is 0 Å². The number of carbonyl (C=O) groups is 1. The molecule has 0 aliphatic heterocycles. The normalized spacial score (nSPS) is 10.8. The highest BCUT2D eigenvalue weighted by molar-refractivity contribution is 7.12. The molecule has 4 aromatic rings. The molecule has 0 saturated carbocycles. The fourth-order valence-corrected chi connectivity index (χ4v) is 3.33. The van der Waals surface area contributed by atoms with Crippen LogP contribution in [-0.2, 0) is 6.54 Å². The summed E-state index contributed by atoms with van der Waals surface area (Å²) in [6.45, 7) is 0.311. The zero-order valence-electron chi connectivity index (χ0n) is 12.9. The van der Waals surface area contributed by atoms with Crippen LogP contribution in [0.3, 0.4) is 0 Å². The number of hydrogen-bond donors (Lipinski definition) is 0. The van der Waals surface area contributed by atoms with E-state index < -0.39 is 0 Å². The molecule has 2 aromatic heterocycles. The summed E-state index contributed by atoms with van der Waals surface area (Å²) in [5.41, 5.74) is 1.98. The summed E-state index contributed by atoms with van der Waals surface area (Å²) in [4.78, 5) is 17.4. The number of carbonyl (C=O) groups excluding carboxylic acids is 1. The smallest absolute Gasteiger partial charge is 0.287 e. The average Bonchev–Trinajstić information content (AvgIpc) is 3.17. The predicted molar refractivity (Wildman–Crippen MR) is 96.0 cm³/mol. The van der Waals surface area contributed by atoms with Crippen molar-refractivity contribution in [2.24, 2.45) is 0 Å². The molecule has 0 aliphatic carbocycles. The third-order valence-electron chi connectivity index (χ3n) is 3.94. The van der Waals surface area contributed by atoms with Crippen LogP contribution in [0.2, 0.25) is 0 Å². The molecule has 2 aromatic carbocycles. The van der Waals surface area contributed by atoms with Crippen molar-refractivity contribution in [3.05, 3.63) is 83.4 Å². The third kappa shape index (κ3) is 2.96. The molecule has 0 atom stereocenters. The molecule has 3 nitrogen and oxygen atoms in total. The van der Waals surface area contributed by atoms with Gasteiger partial charge in [0.25, 0.3) is 6.33 Å². The zero-order valence-corrected chi connectivity index (χ0v) is 13.7. The topological polar surface area (TPSA) is 33.8 Å². The van der Waals surface area contributed by atoms with Crippen molar-refractivity contribution in [3.8, 4) is 11.3 Å². The molecule has 4 heteroatoms. The van der Waals surface area contributed by atoms with Crippen molar-refractivity contribution in [3.63, 3.8) is 0 Å². The van der Waals surface area contributed by atoms with Crippen LogP contribution in [0, 0.1) is 0 Å². The summed E-state index contributed by atoms with van der Waals surface area (Å²) in [6.07, 6.45) is 3.62. The number of ketones is 1. The van der Waals surface area contributed by atoms with Gasteiger partial charge in [0.2, 0.25) is 5.78 Å². The lowest BCUT2D eigenvalue weighted by molar-refractivity contribution is -0.686. The average molecular weight is 331 g/mol. The Morgan fingerprint density at radius 1 is 1.00 bits per heavy atom. The van der Waals surface area contributed by atoms with Gasteiger partial charge in [-0.3, -0.25) is 4.79 Å². The maximum atomic E-state index is 12.1. The molecule has 0 aliphatic rings. The number of Topliss-reactive ketones (excluding diaryl/α,β-unsaturated/α-hetero) is 1. The van der Waals surface area contributed by atoms with Gasteiger partial charge in [-0.25, -0.2) is 4.57 Å². The van der Waals surface area contributed by atoms with Crippen molar-refractivity contribution >= 4 is 27.9 Å². The van der Waals surface area contributed by atoms with Gasteiger partial charge in [-0.2, -0.15) is 0 Å². The quantitative estimate of drug-likeness (QED) is 0.416. The Labute approximate surface area is 143 Å². The molecule has 4 rings (SSSR count). The first kappa shape index (κ1) is 14.7. The molecule has 0 radical (unpaired) electrons. The molecule has 2 heterocycles. The van der Waals surface area contributed by atoms with Crippen molar-refractivity contribution in [2.45, 2.75) is 6.54 Å². The van der Waals surface area contributed by atoms with Gasteiger partial charge in [-0.15, -0.1) is 11.3 Å². The predicted octanol–water partition coefficient (Wildman–Crippen LogP) is 4.13. The standard InChI is InChI=1S/C20H15N2OS/c23-19(20-6-3-11-24-20)13-22-10-9-18(21-14-22)17-8-7-15-4-1-2-5-16(15)12-17/h1-12,14H,13H2/q+1. The van der Waals surface area contributed by atoms with Crippen molar-refractivity contribution in [2.75, 3.05) is 0 Å². The number of thiophene rings is 1. The van der Waals surface area contributed by atoms with Crippen LogP contribution in [0.4, 0.5) is 0 Å². The maximum Gasteiger partial charge on any atom is 0.287 e. The first-order chi connectivity index (χ1) is 11.8. The number of benzene rings is 2. The number of nitrogens with zero attached hydrogens (tertiary/aromatic N) is 2. The van der Waals surface area contributed by atoms with Gasteiger partial charge in [0.1, 0.15) is 0 Å². The van der Waals surface area contributed by atoms with Gasteiger partial charge >= 0.3 is 0 Å². The Kier molecular flexibility index (Phi) is 3.89. The van der Waals surface area contributed by atoms with E-state index in [1.165, 1.54) is 22.1 Å². The van der Waals surface area contributed by atoms with Crippen LogP contribution < -0.4 is 4.57 Å². The molecule has 0 saturated heterocycles. The highest BCUT2D eigenvalue weighted by atomic mass is 32.1. The van der Waals surface area contributed by atoms with E-state index in [9.17, 15) is 4.79 Å².